The highest BCUT2D eigenvalue weighted by Gasteiger charge is 2.52. The first kappa shape index (κ1) is 20.1. The Balaban J connectivity index is 1.61. The number of benzene rings is 2. The summed E-state index contributed by atoms with van der Waals surface area (Å²) >= 11 is 0. The molecule has 0 unspecified atom stereocenters. The minimum Gasteiger partial charge on any atom is -0.341 e. The molecular weight excluding hydrogens is 378 g/mol. The zero-order valence-corrected chi connectivity index (χ0v) is 17.0. The minimum atomic E-state index is -1.21. The third-order valence-electron chi connectivity index (χ3n) is 6.01. The topological polar surface area (TPSA) is 69.7 Å². The van der Waals surface area contributed by atoms with Gasteiger partial charge in [-0.3, -0.25) is 14.5 Å². The molecule has 2 heterocycles. The van der Waals surface area contributed by atoms with Crippen LogP contribution in [0.1, 0.15) is 36.8 Å². The molecule has 0 aliphatic carbocycles. The number of hydrogen-bond acceptors (Lipinski definition) is 3. The molecule has 0 aromatic heterocycles. The lowest BCUT2D eigenvalue weighted by molar-refractivity contribution is -0.139. The zero-order chi connectivity index (χ0) is 21.0. The second-order valence-electron chi connectivity index (χ2n) is 8.05. The van der Waals surface area contributed by atoms with Gasteiger partial charge in [-0.05, 0) is 24.0 Å². The van der Waals surface area contributed by atoms with E-state index in [1.807, 2.05) is 60.7 Å². The van der Waals surface area contributed by atoms with Gasteiger partial charge < -0.3 is 10.2 Å². The SMILES string of the molecule is O=C(CN1C(=O)N[C@@](Cc2ccccc2)(c2ccccc2)C1=O)N1CCCCCC1. The molecular formula is C24H27N3O3. The third-order valence-corrected chi connectivity index (χ3v) is 6.01. The molecule has 2 aromatic carbocycles. The van der Waals surface area contributed by atoms with Crippen LogP contribution in [0.25, 0.3) is 0 Å². The normalized spacial score (nSPS) is 22.0. The predicted octanol–water partition coefficient (Wildman–Crippen LogP) is 3.08. The van der Waals surface area contributed by atoms with Crippen LogP contribution in [-0.4, -0.2) is 47.3 Å². The quantitative estimate of drug-likeness (QED) is 0.778. The Kier molecular flexibility index (Phi) is 5.84. The van der Waals surface area contributed by atoms with Crippen molar-refractivity contribution in [2.75, 3.05) is 19.6 Å². The lowest BCUT2D eigenvalue weighted by Crippen LogP contribution is -2.47. The number of nitrogens with one attached hydrogen (secondary N) is 1. The monoisotopic (exact) mass is 405 g/mol. The summed E-state index contributed by atoms with van der Waals surface area (Å²) < 4.78 is 0. The summed E-state index contributed by atoms with van der Waals surface area (Å²) in [5.41, 5.74) is 0.450. The molecule has 0 saturated carbocycles. The van der Waals surface area contributed by atoms with E-state index in [9.17, 15) is 14.4 Å². The van der Waals surface area contributed by atoms with Gasteiger partial charge in [0.15, 0.2) is 5.54 Å². The highest BCUT2D eigenvalue weighted by Crippen LogP contribution is 2.33. The molecule has 0 spiro atoms. The van der Waals surface area contributed by atoms with Gasteiger partial charge in [-0.25, -0.2) is 4.79 Å². The van der Waals surface area contributed by atoms with Crippen molar-refractivity contribution < 1.29 is 14.4 Å². The number of urea groups is 1. The number of carbonyl (C=O) groups is 3. The zero-order valence-electron chi connectivity index (χ0n) is 17.0. The van der Waals surface area contributed by atoms with Crippen LogP contribution < -0.4 is 5.32 Å². The standard InChI is InChI=1S/C24H27N3O3/c28-21(26-15-9-1-2-10-16-26)18-27-22(29)24(25-23(27)30,20-13-7-4-8-14-20)17-19-11-5-3-6-12-19/h3-8,11-14H,1-2,9-10,15-18H2,(H,25,30)/t24-/m0/s1. The maximum absolute atomic E-state index is 13.6. The molecule has 2 aromatic rings. The van der Waals surface area contributed by atoms with E-state index in [1.54, 1.807) is 4.90 Å². The van der Waals surface area contributed by atoms with E-state index in [4.69, 9.17) is 0 Å². The van der Waals surface area contributed by atoms with Crippen molar-refractivity contribution >= 4 is 17.8 Å². The Labute approximate surface area is 176 Å². The van der Waals surface area contributed by atoms with Crippen LogP contribution in [0.4, 0.5) is 4.79 Å². The fourth-order valence-corrected chi connectivity index (χ4v) is 4.37. The van der Waals surface area contributed by atoms with Gasteiger partial charge in [-0.2, -0.15) is 0 Å². The smallest absolute Gasteiger partial charge is 0.325 e. The molecule has 1 atom stereocenters. The predicted molar refractivity (Wildman–Crippen MR) is 114 cm³/mol. The van der Waals surface area contributed by atoms with Crippen LogP contribution in [0.5, 0.6) is 0 Å². The molecule has 6 nitrogen and oxygen atoms in total. The molecule has 30 heavy (non-hydrogen) atoms. The van der Waals surface area contributed by atoms with E-state index in [2.05, 4.69) is 5.32 Å². The van der Waals surface area contributed by atoms with Gasteiger partial charge in [0.1, 0.15) is 6.54 Å². The van der Waals surface area contributed by atoms with Crippen molar-refractivity contribution in [3.8, 4) is 0 Å². The summed E-state index contributed by atoms with van der Waals surface area (Å²) in [6.07, 6.45) is 4.49. The summed E-state index contributed by atoms with van der Waals surface area (Å²) in [5, 5.41) is 2.92. The molecule has 4 rings (SSSR count). The number of amides is 4. The Hall–Kier alpha value is -3.15. The van der Waals surface area contributed by atoms with E-state index in [-0.39, 0.29) is 18.4 Å². The molecule has 2 aliphatic rings. The summed E-state index contributed by atoms with van der Waals surface area (Å²) in [6, 6.07) is 18.4. The van der Waals surface area contributed by atoms with Crippen molar-refractivity contribution in [1.29, 1.82) is 0 Å². The highest BCUT2D eigenvalue weighted by atomic mass is 16.2. The van der Waals surface area contributed by atoms with E-state index in [0.717, 1.165) is 41.7 Å². The van der Waals surface area contributed by atoms with Crippen LogP contribution in [0.2, 0.25) is 0 Å². The third kappa shape index (κ3) is 3.95. The Morgan fingerprint density at radius 3 is 2.10 bits per heavy atom. The summed E-state index contributed by atoms with van der Waals surface area (Å²) in [4.78, 5) is 42.2. The van der Waals surface area contributed by atoms with Crippen molar-refractivity contribution in [1.82, 2.24) is 15.1 Å². The number of imide groups is 1. The van der Waals surface area contributed by atoms with Crippen LogP contribution >= 0.6 is 0 Å². The minimum absolute atomic E-state index is 0.163. The summed E-state index contributed by atoms with van der Waals surface area (Å²) in [7, 11) is 0. The van der Waals surface area contributed by atoms with E-state index in [0.29, 0.717) is 19.5 Å². The molecule has 2 fully saturated rings. The molecule has 0 radical (unpaired) electrons. The Morgan fingerprint density at radius 1 is 0.867 bits per heavy atom. The first-order chi connectivity index (χ1) is 14.6. The van der Waals surface area contributed by atoms with Crippen molar-refractivity contribution in [3.05, 3.63) is 71.8 Å². The molecule has 0 bridgehead atoms. The number of nitrogens with zero attached hydrogens (tertiary/aromatic N) is 2. The lowest BCUT2D eigenvalue weighted by atomic mass is 9.83. The number of rotatable bonds is 5. The van der Waals surface area contributed by atoms with Gasteiger partial charge in [-0.1, -0.05) is 73.5 Å². The number of likely N-dealkylation sites (tertiary alicyclic amines) is 1. The molecule has 156 valence electrons. The molecule has 2 saturated heterocycles. The molecule has 2 aliphatic heterocycles. The van der Waals surface area contributed by atoms with Gasteiger partial charge in [0.25, 0.3) is 5.91 Å². The second-order valence-corrected chi connectivity index (χ2v) is 8.05. The maximum Gasteiger partial charge on any atom is 0.325 e. The first-order valence-corrected chi connectivity index (χ1v) is 10.6. The summed E-state index contributed by atoms with van der Waals surface area (Å²) in [6.45, 7) is 1.17. The fourth-order valence-electron chi connectivity index (χ4n) is 4.37. The second kappa shape index (κ2) is 8.69. The molecule has 6 heteroatoms. The largest absolute Gasteiger partial charge is 0.341 e. The van der Waals surface area contributed by atoms with E-state index in [1.165, 1.54) is 0 Å². The number of hydrogen-bond donors (Lipinski definition) is 1. The summed E-state index contributed by atoms with van der Waals surface area (Å²) in [5.74, 6) is -0.533. The van der Waals surface area contributed by atoms with E-state index >= 15 is 0 Å². The fraction of sp³-hybridized carbons (Fsp3) is 0.375. The van der Waals surface area contributed by atoms with Crippen molar-refractivity contribution in [2.24, 2.45) is 0 Å². The van der Waals surface area contributed by atoms with Gasteiger partial charge in [-0.15, -0.1) is 0 Å². The highest BCUT2D eigenvalue weighted by molar-refractivity contribution is 6.09. The van der Waals surface area contributed by atoms with Gasteiger partial charge in [0.05, 0.1) is 0 Å². The molecule has 4 amide bonds. The average molecular weight is 405 g/mol. The van der Waals surface area contributed by atoms with Crippen molar-refractivity contribution in [3.63, 3.8) is 0 Å². The van der Waals surface area contributed by atoms with Crippen molar-refractivity contribution in [2.45, 2.75) is 37.6 Å². The lowest BCUT2D eigenvalue weighted by Gasteiger charge is -2.28. The average Bonchev–Trinajstić information content (AvgIpc) is 2.96. The van der Waals surface area contributed by atoms with E-state index < -0.39 is 11.6 Å². The van der Waals surface area contributed by atoms with Gasteiger partial charge >= 0.3 is 6.03 Å². The van der Waals surface area contributed by atoms with Crippen LogP contribution in [0.3, 0.4) is 0 Å². The first-order valence-electron chi connectivity index (χ1n) is 10.6. The Morgan fingerprint density at radius 2 is 1.47 bits per heavy atom. The van der Waals surface area contributed by atoms with Gasteiger partial charge in [0, 0.05) is 19.5 Å². The Bertz CT molecular complexity index is 908. The van der Waals surface area contributed by atoms with Crippen LogP contribution in [-0.2, 0) is 21.5 Å². The molecule has 1 N–H and O–H groups in total. The number of carbonyl (C=O) groups excluding carboxylic acids is 3. The van der Waals surface area contributed by atoms with Gasteiger partial charge in [0.2, 0.25) is 5.91 Å². The van der Waals surface area contributed by atoms with Crippen LogP contribution in [0.15, 0.2) is 60.7 Å². The maximum atomic E-state index is 13.6. The van der Waals surface area contributed by atoms with Crippen LogP contribution in [0, 0.1) is 0 Å².